The zero-order valence-electron chi connectivity index (χ0n) is 11.8. The number of aromatic nitrogens is 1. The van der Waals surface area contributed by atoms with E-state index in [4.69, 9.17) is 5.11 Å². The van der Waals surface area contributed by atoms with Gasteiger partial charge in [0.25, 0.3) is 5.91 Å². The average molecular weight is 304 g/mol. The van der Waals surface area contributed by atoms with Crippen molar-refractivity contribution in [2.45, 2.75) is 26.3 Å². The number of carbonyl (C=O) groups excluding carboxylic acids is 1. The predicted molar refractivity (Wildman–Crippen MR) is 80.8 cm³/mol. The smallest absolute Gasteiger partial charge is 0.335 e. The van der Waals surface area contributed by atoms with E-state index in [0.717, 1.165) is 16.3 Å². The maximum atomic E-state index is 12.2. The highest BCUT2D eigenvalue weighted by molar-refractivity contribution is 7.11. The van der Waals surface area contributed by atoms with Gasteiger partial charge in [0.2, 0.25) is 0 Å². The Morgan fingerprint density at radius 2 is 1.90 bits per heavy atom. The topological polar surface area (TPSA) is 79.3 Å². The summed E-state index contributed by atoms with van der Waals surface area (Å²) in [7, 11) is 0. The third kappa shape index (κ3) is 3.66. The minimum absolute atomic E-state index is 0.129. The van der Waals surface area contributed by atoms with Gasteiger partial charge in [0.15, 0.2) is 0 Å². The first-order valence-corrected chi connectivity index (χ1v) is 7.39. The molecule has 0 aliphatic rings. The lowest BCUT2D eigenvalue weighted by Gasteiger charge is -2.14. The third-order valence-electron chi connectivity index (χ3n) is 3.04. The molecule has 0 unspecified atom stereocenters. The summed E-state index contributed by atoms with van der Waals surface area (Å²) in [6.45, 7) is 3.95. The number of nitrogens with one attached hydrogen (secondary N) is 1. The second-order valence-corrected chi connectivity index (χ2v) is 5.89. The van der Waals surface area contributed by atoms with Crippen molar-refractivity contribution in [2.24, 2.45) is 0 Å². The molecule has 1 aromatic heterocycles. The van der Waals surface area contributed by atoms with E-state index in [-0.39, 0.29) is 17.5 Å². The van der Waals surface area contributed by atoms with E-state index in [2.05, 4.69) is 10.3 Å². The molecule has 0 saturated heterocycles. The van der Waals surface area contributed by atoms with Crippen LogP contribution in [0.2, 0.25) is 0 Å². The molecule has 0 fully saturated rings. The van der Waals surface area contributed by atoms with E-state index in [1.807, 2.05) is 13.8 Å². The van der Waals surface area contributed by atoms with Gasteiger partial charge in [-0.15, -0.1) is 11.3 Å². The molecule has 0 aliphatic heterocycles. The highest BCUT2D eigenvalue weighted by atomic mass is 32.1. The van der Waals surface area contributed by atoms with Crippen LogP contribution in [0.15, 0.2) is 30.5 Å². The van der Waals surface area contributed by atoms with Crippen molar-refractivity contribution in [2.75, 3.05) is 0 Å². The Hall–Kier alpha value is -2.21. The molecule has 1 heterocycles. The van der Waals surface area contributed by atoms with Gasteiger partial charge >= 0.3 is 5.97 Å². The Morgan fingerprint density at radius 3 is 2.38 bits per heavy atom. The molecular formula is C15H16N2O3S. The molecule has 5 nitrogen and oxygen atoms in total. The fourth-order valence-electron chi connectivity index (χ4n) is 1.88. The zero-order chi connectivity index (χ0) is 15.4. The molecule has 1 aromatic carbocycles. The van der Waals surface area contributed by atoms with Gasteiger partial charge in [-0.2, -0.15) is 0 Å². The minimum atomic E-state index is -1.01. The zero-order valence-corrected chi connectivity index (χ0v) is 12.6. The lowest BCUT2D eigenvalue weighted by Crippen LogP contribution is -2.28. The molecule has 6 heteroatoms. The van der Waals surface area contributed by atoms with Gasteiger partial charge in [0.1, 0.15) is 5.01 Å². The van der Waals surface area contributed by atoms with Crippen molar-refractivity contribution >= 4 is 23.2 Å². The maximum absolute atomic E-state index is 12.2. The van der Waals surface area contributed by atoms with Crippen LogP contribution >= 0.6 is 11.3 Å². The van der Waals surface area contributed by atoms with Crippen LogP contribution in [0.3, 0.4) is 0 Å². The number of nitrogens with zero attached hydrogens (tertiary/aromatic N) is 1. The largest absolute Gasteiger partial charge is 0.478 e. The highest BCUT2D eigenvalue weighted by Crippen LogP contribution is 2.22. The van der Waals surface area contributed by atoms with Gasteiger partial charge in [-0.1, -0.05) is 6.92 Å². The van der Waals surface area contributed by atoms with E-state index in [1.54, 1.807) is 17.5 Å². The van der Waals surface area contributed by atoms with Crippen LogP contribution in [0.5, 0.6) is 0 Å². The first kappa shape index (κ1) is 15.2. The molecule has 2 aromatic rings. The molecule has 21 heavy (non-hydrogen) atoms. The molecule has 0 aliphatic carbocycles. The SMILES string of the molecule is CC[C@@H](NC(=O)c1ccc(C(=O)O)cc1)c1ncc(C)s1. The van der Waals surface area contributed by atoms with Gasteiger partial charge in [0, 0.05) is 16.6 Å². The maximum Gasteiger partial charge on any atom is 0.335 e. The number of rotatable bonds is 5. The summed E-state index contributed by atoms with van der Waals surface area (Å²) in [6, 6.07) is 5.74. The molecule has 1 amide bonds. The third-order valence-corrected chi connectivity index (χ3v) is 4.07. The van der Waals surface area contributed by atoms with Crippen LogP contribution in [0.25, 0.3) is 0 Å². The molecular weight excluding hydrogens is 288 g/mol. The lowest BCUT2D eigenvalue weighted by molar-refractivity contribution is 0.0696. The summed E-state index contributed by atoms with van der Waals surface area (Å²) < 4.78 is 0. The van der Waals surface area contributed by atoms with Crippen LogP contribution in [-0.4, -0.2) is 22.0 Å². The summed E-state index contributed by atoms with van der Waals surface area (Å²) in [5.74, 6) is -1.24. The van der Waals surface area contributed by atoms with Crippen molar-refractivity contribution < 1.29 is 14.7 Å². The van der Waals surface area contributed by atoms with Crippen molar-refractivity contribution in [1.82, 2.24) is 10.3 Å². The number of benzene rings is 1. The molecule has 2 N–H and O–H groups in total. The first-order valence-electron chi connectivity index (χ1n) is 6.57. The van der Waals surface area contributed by atoms with E-state index in [9.17, 15) is 9.59 Å². The number of aryl methyl sites for hydroxylation is 1. The summed E-state index contributed by atoms with van der Waals surface area (Å²) in [4.78, 5) is 28.4. The summed E-state index contributed by atoms with van der Waals surface area (Å²) in [5.41, 5.74) is 0.598. The molecule has 110 valence electrons. The molecule has 0 bridgehead atoms. The number of hydrogen-bond donors (Lipinski definition) is 2. The van der Waals surface area contributed by atoms with Crippen LogP contribution < -0.4 is 5.32 Å². The Morgan fingerprint density at radius 1 is 1.29 bits per heavy atom. The fraction of sp³-hybridized carbons (Fsp3) is 0.267. The molecule has 1 atom stereocenters. The van der Waals surface area contributed by atoms with E-state index in [1.165, 1.54) is 24.3 Å². The average Bonchev–Trinajstić information content (AvgIpc) is 2.91. The Bertz CT molecular complexity index is 649. The minimum Gasteiger partial charge on any atom is -0.478 e. The van der Waals surface area contributed by atoms with Crippen LogP contribution in [0.1, 0.15) is 50.0 Å². The Labute approximate surface area is 126 Å². The summed E-state index contributed by atoms with van der Waals surface area (Å²) >= 11 is 1.56. The van der Waals surface area contributed by atoms with Crippen molar-refractivity contribution in [3.05, 3.63) is 51.5 Å². The fourth-order valence-corrected chi connectivity index (χ4v) is 2.79. The standard InChI is InChI=1S/C15H16N2O3S/c1-3-12(14-16-8-9(2)21-14)17-13(18)10-4-6-11(7-5-10)15(19)20/h4-8,12H,3H2,1-2H3,(H,17,18)(H,19,20)/t12-/m1/s1. The van der Waals surface area contributed by atoms with Gasteiger partial charge in [-0.05, 0) is 37.6 Å². The number of amides is 1. The monoisotopic (exact) mass is 304 g/mol. The number of thiazole rings is 1. The van der Waals surface area contributed by atoms with Crippen LogP contribution in [0.4, 0.5) is 0 Å². The molecule has 0 saturated carbocycles. The second kappa shape index (κ2) is 6.49. The quantitative estimate of drug-likeness (QED) is 0.890. The van der Waals surface area contributed by atoms with Crippen molar-refractivity contribution in [3.8, 4) is 0 Å². The molecule has 0 spiro atoms. The van der Waals surface area contributed by atoms with E-state index >= 15 is 0 Å². The first-order chi connectivity index (χ1) is 10.0. The van der Waals surface area contributed by atoms with E-state index < -0.39 is 5.97 Å². The molecule has 2 rings (SSSR count). The van der Waals surface area contributed by atoms with Gasteiger partial charge in [-0.3, -0.25) is 4.79 Å². The summed E-state index contributed by atoms with van der Waals surface area (Å²) in [5, 5.41) is 12.6. The Balaban J connectivity index is 2.10. The van der Waals surface area contributed by atoms with Gasteiger partial charge in [-0.25, -0.2) is 9.78 Å². The highest BCUT2D eigenvalue weighted by Gasteiger charge is 2.17. The van der Waals surface area contributed by atoms with Crippen LogP contribution in [0, 0.1) is 6.92 Å². The number of carboxylic acids is 1. The van der Waals surface area contributed by atoms with Crippen molar-refractivity contribution in [1.29, 1.82) is 0 Å². The predicted octanol–water partition coefficient (Wildman–Crippen LogP) is 3.03. The van der Waals surface area contributed by atoms with Crippen molar-refractivity contribution in [3.63, 3.8) is 0 Å². The summed E-state index contributed by atoms with van der Waals surface area (Å²) in [6.07, 6.45) is 2.53. The number of carboxylic acid groups (broad SMARTS) is 1. The van der Waals surface area contributed by atoms with Gasteiger partial charge < -0.3 is 10.4 Å². The van der Waals surface area contributed by atoms with Crippen LogP contribution in [-0.2, 0) is 0 Å². The number of hydrogen-bond acceptors (Lipinski definition) is 4. The number of aromatic carboxylic acids is 1. The molecule has 0 radical (unpaired) electrons. The second-order valence-electron chi connectivity index (χ2n) is 4.63. The van der Waals surface area contributed by atoms with E-state index in [0.29, 0.717) is 5.56 Å². The Kier molecular flexibility index (Phi) is 4.70. The number of carbonyl (C=O) groups is 2. The lowest BCUT2D eigenvalue weighted by atomic mass is 10.1. The normalized spacial score (nSPS) is 11.9. The van der Waals surface area contributed by atoms with Gasteiger partial charge in [0.05, 0.1) is 11.6 Å².